The first-order valence-corrected chi connectivity index (χ1v) is 14.0. The first-order chi connectivity index (χ1) is 18.9. The molecule has 2 fully saturated rings. The summed E-state index contributed by atoms with van der Waals surface area (Å²) in [4.78, 5) is 17.6. The zero-order valence-electron chi connectivity index (χ0n) is 21.3. The van der Waals surface area contributed by atoms with Gasteiger partial charge in [-0.25, -0.2) is 13.8 Å². The topological polar surface area (TPSA) is 113 Å². The average Bonchev–Trinajstić information content (AvgIpc) is 3.48. The van der Waals surface area contributed by atoms with Crippen molar-refractivity contribution in [2.45, 2.75) is 24.9 Å². The molecule has 2 aliphatic heterocycles. The van der Waals surface area contributed by atoms with Gasteiger partial charge in [0.05, 0.1) is 27.9 Å². The van der Waals surface area contributed by atoms with E-state index in [1.54, 1.807) is 6.07 Å². The SMILES string of the molecule is CN1CCC[C@H]1COc1nc(N(CCO)C2CNC2)c2cc(Cl)c(-c3ccc(F)c4sc(N)nc34)c(F)c2n1. The molecule has 6 rings (SSSR count). The molecule has 39 heavy (non-hydrogen) atoms. The van der Waals surface area contributed by atoms with E-state index in [2.05, 4.69) is 20.2 Å². The second-order valence-electron chi connectivity index (χ2n) is 9.91. The van der Waals surface area contributed by atoms with Crippen LogP contribution in [0.15, 0.2) is 18.2 Å². The molecule has 2 aromatic carbocycles. The summed E-state index contributed by atoms with van der Waals surface area (Å²) in [5, 5.41) is 13.7. The van der Waals surface area contributed by atoms with Crippen LogP contribution in [0.4, 0.5) is 19.7 Å². The van der Waals surface area contributed by atoms with E-state index < -0.39 is 11.6 Å². The van der Waals surface area contributed by atoms with Gasteiger partial charge in [-0.1, -0.05) is 22.9 Å². The van der Waals surface area contributed by atoms with Crippen molar-refractivity contribution in [3.63, 3.8) is 0 Å². The number of rotatable bonds is 8. The number of nitrogens with one attached hydrogen (secondary N) is 1. The molecule has 2 aromatic heterocycles. The minimum absolute atomic E-state index is 0.0186. The quantitative estimate of drug-likeness (QED) is 0.290. The minimum Gasteiger partial charge on any atom is -0.462 e. The number of likely N-dealkylation sites (N-methyl/N-ethyl adjacent to an activating group) is 1. The first kappa shape index (κ1) is 26.3. The van der Waals surface area contributed by atoms with Gasteiger partial charge in [-0.05, 0) is 44.6 Å². The summed E-state index contributed by atoms with van der Waals surface area (Å²) in [6, 6.07) is 4.62. The summed E-state index contributed by atoms with van der Waals surface area (Å²) < 4.78 is 37.2. The fraction of sp³-hybridized carbons (Fsp3) is 0.423. The Morgan fingerprint density at radius 1 is 1.26 bits per heavy atom. The number of ether oxygens (including phenoxy) is 1. The van der Waals surface area contributed by atoms with Gasteiger partial charge >= 0.3 is 6.01 Å². The molecule has 0 spiro atoms. The smallest absolute Gasteiger partial charge is 0.319 e. The monoisotopic (exact) mass is 575 g/mol. The molecule has 9 nitrogen and oxygen atoms in total. The van der Waals surface area contributed by atoms with Crippen LogP contribution in [0.3, 0.4) is 0 Å². The molecule has 1 atom stereocenters. The normalized spacial score (nSPS) is 18.2. The van der Waals surface area contributed by atoms with Crippen molar-refractivity contribution in [1.29, 1.82) is 0 Å². The predicted molar refractivity (Wildman–Crippen MR) is 150 cm³/mol. The molecule has 4 N–H and O–H groups in total. The summed E-state index contributed by atoms with van der Waals surface area (Å²) in [6.45, 7) is 2.92. The van der Waals surface area contributed by atoms with Gasteiger partial charge in [-0.3, -0.25) is 0 Å². The molecule has 13 heteroatoms. The second kappa shape index (κ2) is 10.6. The van der Waals surface area contributed by atoms with E-state index in [0.29, 0.717) is 43.0 Å². The van der Waals surface area contributed by atoms with E-state index in [0.717, 1.165) is 30.7 Å². The third kappa shape index (κ3) is 4.74. The number of likely N-dealkylation sites (tertiary alicyclic amines) is 1. The molecule has 0 unspecified atom stereocenters. The number of aliphatic hydroxyl groups is 1. The number of aromatic nitrogens is 3. The van der Waals surface area contributed by atoms with Crippen LogP contribution in [0.1, 0.15) is 12.8 Å². The maximum atomic E-state index is 16.5. The first-order valence-electron chi connectivity index (χ1n) is 12.8. The highest BCUT2D eigenvalue weighted by molar-refractivity contribution is 7.22. The van der Waals surface area contributed by atoms with Crippen molar-refractivity contribution < 1.29 is 18.6 Å². The standard InChI is InChI=1S/C26H28ClF2N7O2S/c1-35-6-2-3-13(35)12-38-26-33-21-16(24(34-26)36(7-8-37)14-10-31-11-14)9-17(27)19(20(21)29)15-4-5-18(28)23-22(15)32-25(30)39-23/h4-5,9,13-14,31,37H,2-3,6-8,10-12H2,1H3,(H2,30,32)/t13-/m0/s1. The molecule has 206 valence electrons. The molecule has 4 heterocycles. The summed E-state index contributed by atoms with van der Waals surface area (Å²) in [6.07, 6.45) is 2.07. The second-order valence-corrected chi connectivity index (χ2v) is 11.4. The molecule has 2 saturated heterocycles. The molecular formula is C26H28ClF2N7O2S. The number of anilines is 2. The van der Waals surface area contributed by atoms with Crippen LogP contribution >= 0.6 is 22.9 Å². The van der Waals surface area contributed by atoms with Gasteiger partial charge in [0.1, 0.15) is 23.8 Å². The highest BCUT2D eigenvalue weighted by atomic mass is 35.5. The summed E-state index contributed by atoms with van der Waals surface area (Å²) in [7, 11) is 2.04. The van der Waals surface area contributed by atoms with Gasteiger partial charge < -0.3 is 30.7 Å². The van der Waals surface area contributed by atoms with Crippen LogP contribution in [0.25, 0.3) is 32.2 Å². The van der Waals surface area contributed by atoms with Crippen LogP contribution in [0, 0.1) is 11.6 Å². The summed E-state index contributed by atoms with van der Waals surface area (Å²) >= 11 is 7.70. The van der Waals surface area contributed by atoms with Crippen molar-refractivity contribution in [1.82, 2.24) is 25.2 Å². The number of hydrogen-bond donors (Lipinski definition) is 3. The average molecular weight is 576 g/mol. The number of nitrogen functional groups attached to an aromatic ring is 1. The summed E-state index contributed by atoms with van der Waals surface area (Å²) in [5.41, 5.74) is 6.47. The number of nitrogens with two attached hydrogens (primary N) is 1. The third-order valence-corrected chi connectivity index (χ3v) is 8.70. The van der Waals surface area contributed by atoms with Crippen LogP contribution in [0.5, 0.6) is 6.01 Å². The van der Waals surface area contributed by atoms with Crippen LogP contribution in [0.2, 0.25) is 5.02 Å². The lowest BCUT2D eigenvalue weighted by atomic mass is 10.0. The van der Waals surface area contributed by atoms with Gasteiger partial charge in [0.25, 0.3) is 0 Å². The highest BCUT2D eigenvalue weighted by Gasteiger charge is 2.30. The Hall–Kier alpha value is -2.90. The molecule has 0 aliphatic carbocycles. The van der Waals surface area contributed by atoms with Gasteiger partial charge in [0.2, 0.25) is 0 Å². The van der Waals surface area contributed by atoms with E-state index >= 15 is 4.39 Å². The number of fused-ring (bicyclic) bond motifs is 2. The van der Waals surface area contributed by atoms with Crippen molar-refractivity contribution in [2.24, 2.45) is 0 Å². The third-order valence-electron chi connectivity index (χ3n) is 7.51. The number of benzene rings is 2. The van der Waals surface area contributed by atoms with Gasteiger partial charge in [0.15, 0.2) is 10.9 Å². The fourth-order valence-corrected chi connectivity index (χ4v) is 6.37. The minimum atomic E-state index is -0.695. The lowest BCUT2D eigenvalue weighted by molar-refractivity contribution is 0.188. The largest absolute Gasteiger partial charge is 0.462 e. The molecule has 0 amide bonds. The van der Waals surface area contributed by atoms with Gasteiger partial charge in [-0.15, -0.1) is 0 Å². The van der Waals surface area contributed by atoms with E-state index in [1.165, 1.54) is 12.1 Å². The zero-order chi connectivity index (χ0) is 27.3. The maximum absolute atomic E-state index is 16.5. The van der Waals surface area contributed by atoms with E-state index in [9.17, 15) is 9.50 Å². The van der Waals surface area contributed by atoms with Crippen molar-refractivity contribution in [3.8, 4) is 17.1 Å². The Morgan fingerprint density at radius 2 is 2.08 bits per heavy atom. The Balaban J connectivity index is 1.53. The number of thiazole rings is 1. The van der Waals surface area contributed by atoms with Gasteiger partial charge in [0, 0.05) is 42.2 Å². The molecule has 2 aliphatic rings. The molecule has 0 radical (unpaired) electrons. The van der Waals surface area contributed by atoms with Crippen LogP contribution in [-0.2, 0) is 0 Å². The van der Waals surface area contributed by atoms with E-state index in [-0.39, 0.29) is 56.2 Å². The lowest BCUT2D eigenvalue weighted by Gasteiger charge is -2.39. The number of halogens is 3. The molecular weight excluding hydrogens is 548 g/mol. The summed E-state index contributed by atoms with van der Waals surface area (Å²) in [5.74, 6) is -0.754. The number of aliphatic hydroxyl groups excluding tert-OH is 1. The lowest BCUT2D eigenvalue weighted by Crippen LogP contribution is -2.58. The fourth-order valence-electron chi connectivity index (χ4n) is 5.31. The predicted octanol–water partition coefficient (Wildman–Crippen LogP) is 3.66. The Kier molecular flexibility index (Phi) is 7.15. The zero-order valence-corrected chi connectivity index (χ0v) is 22.8. The molecule has 4 aromatic rings. The van der Waals surface area contributed by atoms with Crippen LogP contribution in [-0.4, -0.2) is 83.5 Å². The molecule has 0 saturated carbocycles. The molecule has 0 bridgehead atoms. The van der Waals surface area contributed by atoms with Crippen LogP contribution < -0.4 is 20.7 Å². The number of hydrogen-bond acceptors (Lipinski definition) is 10. The number of nitrogens with zero attached hydrogens (tertiary/aromatic N) is 5. The maximum Gasteiger partial charge on any atom is 0.319 e. The van der Waals surface area contributed by atoms with Gasteiger partial charge in [-0.2, -0.15) is 9.97 Å². The van der Waals surface area contributed by atoms with Crippen molar-refractivity contribution >= 4 is 55.0 Å². The van der Waals surface area contributed by atoms with E-state index in [4.69, 9.17) is 27.1 Å². The van der Waals surface area contributed by atoms with Crippen molar-refractivity contribution in [3.05, 3.63) is 34.9 Å². The Morgan fingerprint density at radius 3 is 2.77 bits per heavy atom. The van der Waals surface area contributed by atoms with Crippen molar-refractivity contribution in [2.75, 3.05) is 57.1 Å². The van der Waals surface area contributed by atoms with E-state index in [1.807, 2.05) is 11.9 Å². The Labute approximate surface area is 232 Å². The Bertz CT molecular complexity index is 1550. The highest BCUT2D eigenvalue weighted by Crippen LogP contribution is 2.43.